The maximum Gasteiger partial charge on any atom is 0.127 e. The third kappa shape index (κ3) is 2.47. The standard InChI is InChI=1S/C16H15ClO3/c1-19-12-6-7-15-13(8-12)14(18)9-16(20-15)10-2-4-11(17)5-3-10/h2-8,14,16,18H,9H2,1H3/t14-,16?/m0/s1. The van der Waals surface area contributed by atoms with Crippen LogP contribution in [0, 0.1) is 0 Å². The lowest BCUT2D eigenvalue weighted by molar-refractivity contribution is 0.0654. The molecule has 0 bridgehead atoms. The average molecular weight is 291 g/mol. The van der Waals surface area contributed by atoms with Gasteiger partial charge in [0, 0.05) is 17.0 Å². The summed E-state index contributed by atoms with van der Waals surface area (Å²) >= 11 is 5.89. The third-order valence-electron chi connectivity index (χ3n) is 3.52. The van der Waals surface area contributed by atoms with Crippen molar-refractivity contribution in [3.8, 4) is 11.5 Å². The lowest BCUT2D eigenvalue weighted by Gasteiger charge is -2.30. The van der Waals surface area contributed by atoms with Crippen LogP contribution in [0.15, 0.2) is 42.5 Å². The largest absolute Gasteiger partial charge is 0.497 e. The van der Waals surface area contributed by atoms with Gasteiger partial charge in [-0.05, 0) is 35.9 Å². The molecule has 0 saturated heterocycles. The molecule has 0 fully saturated rings. The fourth-order valence-corrected chi connectivity index (χ4v) is 2.56. The fourth-order valence-electron chi connectivity index (χ4n) is 2.43. The second-order valence-corrected chi connectivity index (χ2v) is 5.25. The number of fused-ring (bicyclic) bond motifs is 1. The van der Waals surface area contributed by atoms with Gasteiger partial charge in [-0.1, -0.05) is 23.7 Å². The summed E-state index contributed by atoms with van der Waals surface area (Å²) in [6.45, 7) is 0. The number of ether oxygens (including phenoxy) is 2. The molecule has 0 saturated carbocycles. The van der Waals surface area contributed by atoms with E-state index in [1.54, 1.807) is 7.11 Å². The third-order valence-corrected chi connectivity index (χ3v) is 3.78. The van der Waals surface area contributed by atoms with E-state index in [0.29, 0.717) is 17.2 Å². The molecule has 1 aliphatic heterocycles. The highest BCUT2D eigenvalue weighted by Gasteiger charge is 2.28. The van der Waals surface area contributed by atoms with E-state index in [1.807, 2.05) is 42.5 Å². The first-order chi connectivity index (χ1) is 9.67. The maximum atomic E-state index is 10.3. The molecule has 104 valence electrons. The highest BCUT2D eigenvalue weighted by atomic mass is 35.5. The Bertz CT molecular complexity index is 610. The summed E-state index contributed by atoms with van der Waals surface area (Å²) in [5.74, 6) is 1.42. The van der Waals surface area contributed by atoms with Crippen molar-refractivity contribution in [3.63, 3.8) is 0 Å². The molecule has 3 nitrogen and oxygen atoms in total. The van der Waals surface area contributed by atoms with E-state index in [2.05, 4.69) is 0 Å². The van der Waals surface area contributed by atoms with E-state index < -0.39 is 6.10 Å². The van der Waals surface area contributed by atoms with Crippen molar-refractivity contribution in [2.24, 2.45) is 0 Å². The van der Waals surface area contributed by atoms with E-state index in [4.69, 9.17) is 21.1 Å². The van der Waals surface area contributed by atoms with Crippen molar-refractivity contribution >= 4 is 11.6 Å². The highest BCUT2D eigenvalue weighted by molar-refractivity contribution is 6.30. The van der Waals surface area contributed by atoms with Crippen molar-refractivity contribution in [2.75, 3.05) is 7.11 Å². The normalized spacial score (nSPS) is 20.9. The summed E-state index contributed by atoms with van der Waals surface area (Å²) in [5, 5.41) is 11.0. The molecule has 2 aromatic carbocycles. The van der Waals surface area contributed by atoms with Crippen LogP contribution >= 0.6 is 11.6 Å². The fraction of sp³-hybridized carbons (Fsp3) is 0.250. The minimum absolute atomic E-state index is 0.164. The maximum absolute atomic E-state index is 10.3. The Balaban J connectivity index is 1.90. The van der Waals surface area contributed by atoms with Gasteiger partial charge in [-0.2, -0.15) is 0 Å². The predicted octanol–water partition coefficient (Wildman–Crippen LogP) is 3.91. The van der Waals surface area contributed by atoms with Gasteiger partial charge >= 0.3 is 0 Å². The lowest BCUT2D eigenvalue weighted by atomic mass is 9.95. The summed E-state index contributed by atoms with van der Waals surface area (Å²) in [7, 11) is 1.61. The minimum atomic E-state index is -0.561. The van der Waals surface area contributed by atoms with Crippen LogP contribution in [0.1, 0.15) is 29.8 Å². The summed E-state index contributed by atoms with van der Waals surface area (Å²) in [4.78, 5) is 0. The molecule has 0 aliphatic carbocycles. The summed E-state index contributed by atoms with van der Waals surface area (Å²) in [6.07, 6.45) is -0.209. The van der Waals surface area contributed by atoms with Gasteiger partial charge in [0.25, 0.3) is 0 Å². The molecule has 4 heteroatoms. The molecule has 0 aromatic heterocycles. The summed E-state index contributed by atoms with van der Waals surface area (Å²) in [6, 6.07) is 13.0. The number of aliphatic hydroxyl groups excluding tert-OH is 1. The Labute approximate surface area is 122 Å². The number of benzene rings is 2. The zero-order valence-electron chi connectivity index (χ0n) is 11.0. The van der Waals surface area contributed by atoms with Crippen molar-refractivity contribution in [1.29, 1.82) is 0 Å². The molecule has 3 rings (SSSR count). The SMILES string of the molecule is COc1ccc2c(c1)[C@@H](O)CC(c1ccc(Cl)cc1)O2. The Morgan fingerprint density at radius 3 is 2.65 bits per heavy atom. The van der Waals surface area contributed by atoms with E-state index in [0.717, 1.165) is 16.9 Å². The van der Waals surface area contributed by atoms with Gasteiger partial charge in [0.2, 0.25) is 0 Å². The molecule has 0 spiro atoms. The van der Waals surface area contributed by atoms with Gasteiger partial charge in [-0.25, -0.2) is 0 Å². The number of hydrogen-bond donors (Lipinski definition) is 1. The zero-order chi connectivity index (χ0) is 14.1. The van der Waals surface area contributed by atoms with E-state index in [9.17, 15) is 5.11 Å². The summed E-state index contributed by atoms with van der Waals surface area (Å²) < 4.78 is 11.1. The quantitative estimate of drug-likeness (QED) is 0.911. The molecule has 0 radical (unpaired) electrons. The van der Waals surface area contributed by atoms with Gasteiger partial charge in [0.1, 0.15) is 17.6 Å². The second-order valence-electron chi connectivity index (χ2n) is 4.81. The first-order valence-electron chi connectivity index (χ1n) is 6.45. The van der Waals surface area contributed by atoms with Crippen molar-refractivity contribution in [3.05, 3.63) is 58.6 Å². The van der Waals surface area contributed by atoms with Gasteiger partial charge in [-0.3, -0.25) is 0 Å². The van der Waals surface area contributed by atoms with Crippen LogP contribution in [-0.2, 0) is 0 Å². The van der Waals surface area contributed by atoms with Crippen LogP contribution in [0.4, 0.5) is 0 Å². The van der Waals surface area contributed by atoms with E-state index in [-0.39, 0.29) is 6.10 Å². The first-order valence-corrected chi connectivity index (χ1v) is 6.83. The molecular formula is C16H15ClO3. The number of hydrogen-bond acceptors (Lipinski definition) is 3. The number of aliphatic hydroxyl groups is 1. The van der Waals surface area contributed by atoms with Crippen LogP contribution in [0.3, 0.4) is 0 Å². The topological polar surface area (TPSA) is 38.7 Å². The molecule has 1 unspecified atom stereocenters. The van der Waals surface area contributed by atoms with E-state index >= 15 is 0 Å². The van der Waals surface area contributed by atoms with Gasteiger partial charge < -0.3 is 14.6 Å². The van der Waals surface area contributed by atoms with Gasteiger partial charge in [0.15, 0.2) is 0 Å². The minimum Gasteiger partial charge on any atom is -0.497 e. The second kappa shape index (κ2) is 5.35. The monoisotopic (exact) mass is 290 g/mol. The van der Waals surface area contributed by atoms with Gasteiger partial charge in [0.05, 0.1) is 13.2 Å². The Kier molecular flexibility index (Phi) is 3.55. The molecule has 2 atom stereocenters. The lowest BCUT2D eigenvalue weighted by Crippen LogP contribution is -2.19. The van der Waals surface area contributed by atoms with Crippen molar-refractivity contribution in [2.45, 2.75) is 18.6 Å². The Morgan fingerprint density at radius 1 is 1.20 bits per heavy atom. The Morgan fingerprint density at radius 2 is 1.95 bits per heavy atom. The molecule has 20 heavy (non-hydrogen) atoms. The van der Waals surface area contributed by atoms with Crippen LogP contribution in [0.2, 0.25) is 5.02 Å². The van der Waals surface area contributed by atoms with Crippen LogP contribution in [0.25, 0.3) is 0 Å². The molecule has 1 N–H and O–H groups in total. The number of methoxy groups -OCH3 is 1. The van der Waals surface area contributed by atoms with E-state index in [1.165, 1.54) is 0 Å². The van der Waals surface area contributed by atoms with Gasteiger partial charge in [-0.15, -0.1) is 0 Å². The molecule has 0 amide bonds. The smallest absolute Gasteiger partial charge is 0.127 e. The summed E-state index contributed by atoms with van der Waals surface area (Å²) in [5.41, 5.74) is 1.78. The van der Waals surface area contributed by atoms with Crippen LogP contribution < -0.4 is 9.47 Å². The highest BCUT2D eigenvalue weighted by Crippen LogP contribution is 2.42. The molecule has 2 aromatic rings. The zero-order valence-corrected chi connectivity index (χ0v) is 11.8. The van der Waals surface area contributed by atoms with Crippen LogP contribution in [0.5, 0.6) is 11.5 Å². The molecule has 1 aliphatic rings. The number of rotatable bonds is 2. The number of halogens is 1. The molecule has 1 heterocycles. The van der Waals surface area contributed by atoms with Crippen LogP contribution in [-0.4, -0.2) is 12.2 Å². The average Bonchev–Trinajstić information content (AvgIpc) is 2.47. The predicted molar refractivity (Wildman–Crippen MR) is 77.4 cm³/mol. The molecular weight excluding hydrogens is 276 g/mol. The Hall–Kier alpha value is -1.71. The van der Waals surface area contributed by atoms with Crippen molar-refractivity contribution in [1.82, 2.24) is 0 Å². The van der Waals surface area contributed by atoms with Crippen molar-refractivity contribution < 1.29 is 14.6 Å². The first kappa shape index (κ1) is 13.3.